The van der Waals surface area contributed by atoms with Crippen LogP contribution in [0.2, 0.25) is 0 Å². The standard InChI is InChI=1S/C29H30N4O3S3/c1-17-7-5-8-18(2)27(17)32-25(35)15-37-14-24(34)30-21-11-12-22-23(13-21)39-29(31-22)38-16-26(36)33-28-19(3)9-6-10-20(28)4/h5-13H,14-16H2,1-4H3,(H,30,34)(H,32,35)(H,33,36). The first-order chi connectivity index (χ1) is 18.7. The Kier molecular flexibility index (Phi) is 9.66. The van der Waals surface area contributed by atoms with Gasteiger partial charge in [-0.2, -0.15) is 0 Å². The summed E-state index contributed by atoms with van der Waals surface area (Å²) in [4.78, 5) is 41.9. The second-order valence-electron chi connectivity index (χ2n) is 9.12. The van der Waals surface area contributed by atoms with Crippen LogP contribution < -0.4 is 16.0 Å². The minimum Gasteiger partial charge on any atom is -0.325 e. The van der Waals surface area contributed by atoms with Crippen molar-refractivity contribution in [1.82, 2.24) is 4.98 Å². The molecular weight excluding hydrogens is 549 g/mol. The summed E-state index contributed by atoms with van der Waals surface area (Å²) in [5.74, 6) is 0.213. The number of carbonyl (C=O) groups is 3. The van der Waals surface area contributed by atoms with E-state index < -0.39 is 0 Å². The molecule has 202 valence electrons. The van der Waals surface area contributed by atoms with Gasteiger partial charge in [-0.15, -0.1) is 23.1 Å². The Labute approximate surface area is 240 Å². The number of thioether (sulfide) groups is 2. The second-order valence-corrected chi connectivity index (χ2v) is 12.4. The van der Waals surface area contributed by atoms with Crippen LogP contribution in [0, 0.1) is 27.7 Å². The summed E-state index contributed by atoms with van der Waals surface area (Å²) in [6, 6.07) is 17.3. The van der Waals surface area contributed by atoms with E-state index in [1.807, 2.05) is 76.2 Å². The highest BCUT2D eigenvalue weighted by atomic mass is 32.2. The molecule has 0 aliphatic rings. The van der Waals surface area contributed by atoms with E-state index >= 15 is 0 Å². The van der Waals surface area contributed by atoms with Crippen LogP contribution in [0.1, 0.15) is 22.3 Å². The molecule has 3 amide bonds. The third-order valence-corrected chi connectivity index (χ3v) is 9.03. The maximum absolute atomic E-state index is 12.5. The average Bonchev–Trinajstić information content (AvgIpc) is 3.30. The highest BCUT2D eigenvalue weighted by molar-refractivity contribution is 8.01. The Balaban J connectivity index is 1.25. The number of thiazole rings is 1. The zero-order chi connectivity index (χ0) is 27.9. The first-order valence-corrected chi connectivity index (χ1v) is 15.3. The number of carbonyl (C=O) groups excluding carboxylic acids is 3. The zero-order valence-electron chi connectivity index (χ0n) is 22.2. The molecule has 0 fully saturated rings. The number of amides is 3. The number of fused-ring (bicyclic) bond motifs is 1. The average molecular weight is 579 g/mol. The van der Waals surface area contributed by atoms with Crippen LogP contribution in [0.25, 0.3) is 10.2 Å². The third-order valence-electron chi connectivity index (χ3n) is 5.94. The Hall–Kier alpha value is -3.34. The predicted octanol–water partition coefficient (Wildman–Crippen LogP) is 6.57. The topological polar surface area (TPSA) is 100 Å². The minimum atomic E-state index is -0.179. The molecule has 0 saturated heterocycles. The maximum atomic E-state index is 12.5. The van der Waals surface area contributed by atoms with Gasteiger partial charge in [-0.05, 0) is 68.1 Å². The molecule has 0 unspecified atom stereocenters. The first-order valence-electron chi connectivity index (χ1n) is 12.3. The van der Waals surface area contributed by atoms with E-state index in [2.05, 4.69) is 20.9 Å². The molecule has 0 aliphatic carbocycles. The van der Waals surface area contributed by atoms with Crippen molar-refractivity contribution in [2.24, 2.45) is 0 Å². The van der Waals surface area contributed by atoms with Gasteiger partial charge in [0.1, 0.15) is 0 Å². The van der Waals surface area contributed by atoms with Gasteiger partial charge in [0.05, 0.1) is 27.5 Å². The van der Waals surface area contributed by atoms with Crippen molar-refractivity contribution in [2.45, 2.75) is 32.0 Å². The van der Waals surface area contributed by atoms with Gasteiger partial charge in [-0.3, -0.25) is 14.4 Å². The van der Waals surface area contributed by atoms with Crippen molar-refractivity contribution in [3.05, 3.63) is 76.9 Å². The molecule has 4 rings (SSSR count). The van der Waals surface area contributed by atoms with Gasteiger partial charge in [0.25, 0.3) is 0 Å². The molecule has 0 radical (unpaired) electrons. The summed E-state index contributed by atoms with van der Waals surface area (Å²) in [7, 11) is 0. The van der Waals surface area contributed by atoms with Crippen LogP contribution in [-0.2, 0) is 14.4 Å². The number of aromatic nitrogens is 1. The molecule has 1 aromatic heterocycles. The zero-order valence-corrected chi connectivity index (χ0v) is 24.7. The van der Waals surface area contributed by atoms with Gasteiger partial charge < -0.3 is 16.0 Å². The molecular formula is C29H30N4O3S3. The fourth-order valence-electron chi connectivity index (χ4n) is 3.98. The van der Waals surface area contributed by atoms with E-state index in [4.69, 9.17) is 0 Å². The Morgan fingerprint density at radius 3 is 1.79 bits per heavy atom. The van der Waals surface area contributed by atoms with Crippen molar-refractivity contribution >= 4 is 79.9 Å². The fourth-order valence-corrected chi connectivity index (χ4v) is 6.50. The molecule has 10 heteroatoms. The first kappa shape index (κ1) is 28.7. The van der Waals surface area contributed by atoms with E-state index in [9.17, 15) is 14.4 Å². The van der Waals surface area contributed by atoms with E-state index in [0.29, 0.717) is 5.69 Å². The summed E-state index contributed by atoms with van der Waals surface area (Å²) in [5, 5.41) is 8.82. The van der Waals surface area contributed by atoms with Gasteiger partial charge in [0, 0.05) is 17.1 Å². The molecule has 0 atom stereocenters. The molecule has 0 bridgehead atoms. The Morgan fingerprint density at radius 1 is 0.718 bits per heavy atom. The van der Waals surface area contributed by atoms with E-state index in [-0.39, 0.29) is 35.0 Å². The SMILES string of the molecule is Cc1cccc(C)c1NC(=O)CSCC(=O)Nc1ccc2nc(SCC(=O)Nc3c(C)cccc3C)sc2c1. The van der Waals surface area contributed by atoms with Gasteiger partial charge in [0.15, 0.2) is 4.34 Å². The Bertz CT molecular complexity index is 1490. The lowest BCUT2D eigenvalue weighted by Gasteiger charge is -2.11. The predicted molar refractivity (Wildman–Crippen MR) is 165 cm³/mol. The lowest BCUT2D eigenvalue weighted by molar-refractivity contribution is -0.114. The maximum Gasteiger partial charge on any atom is 0.234 e. The molecule has 3 N–H and O–H groups in total. The third kappa shape index (κ3) is 7.84. The summed E-state index contributed by atoms with van der Waals surface area (Å²) in [6.07, 6.45) is 0. The largest absolute Gasteiger partial charge is 0.325 e. The van der Waals surface area contributed by atoms with Crippen LogP contribution in [0.3, 0.4) is 0 Å². The van der Waals surface area contributed by atoms with Gasteiger partial charge in [0.2, 0.25) is 17.7 Å². The number of nitrogens with one attached hydrogen (secondary N) is 3. The fraction of sp³-hybridized carbons (Fsp3) is 0.241. The molecule has 39 heavy (non-hydrogen) atoms. The lowest BCUT2D eigenvalue weighted by atomic mass is 10.1. The summed E-state index contributed by atoms with van der Waals surface area (Å²) in [6.45, 7) is 7.86. The van der Waals surface area contributed by atoms with E-state index in [1.54, 1.807) is 6.07 Å². The summed E-state index contributed by atoms with van der Waals surface area (Å²) < 4.78 is 1.71. The van der Waals surface area contributed by atoms with Crippen LogP contribution in [-0.4, -0.2) is 40.0 Å². The molecule has 3 aromatic carbocycles. The number of para-hydroxylation sites is 2. The molecule has 7 nitrogen and oxygen atoms in total. The van der Waals surface area contributed by atoms with Crippen molar-refractivity contribution in [2.75, 3.05) is 33.2 Å². The van der Waals surface area contributed by atoms with Crippen molar-refractivity contribution in [3.8, 4) is 0 Å². The smallest absolute Gasteiger partial charge is 0.234 e. The quantitative estimate of drug-likeness (QED) is 0.184. The summed E-state index contributed by atoms with van der Waals surface area (Å²) >= 11 is 4.13. The molecule has 0 saturated carbocycles. The van der Waals surface area contributed by atoms with Crippen molar-refractivity contribution in [3.63, 3.8) is 0 Å². The van der Waals surface area contributed by atoms with E-state index in [1.165, 1.54) is 34.9 Å². The number of hydrogen-bond acceptors (Lipinski definition) is 7. The van der Waals surface area contributed by atoms with Crippen molar-refractivity contribution < 1.29 is 14.4 Å². The number of benzene rings is 3. The number of rotatable bonds is 10. The second kappa shape index (κ2) is 13.1. The Morgan fingerprint density at radius 2 is 1.23 bits per heavy atom. The van der Waals surface area contributed by atoms with Crippen molar-refractivity contribution in [1.29, 1.82) is 0 Å². The minimum absolute atomic E-state index is 0.0789. The normalized spacial score (nSPS) is 10.9. The highest BCUT2D eigenvalue weighted by Crippen LogP contribution is 2.31. The monoisotopic (exact) mass is 578 g/mol. The molecule has 4 aromatic rings. The number of anilines is 3. The molecule has 0 aliphatic heterocycles. The highest BCUT2D eigenvalue weighted by Gasteiger charge is 2.13. The van der Waals surface area contributed by atoms with E-state index in [0.717, 1.165) is 48.2 Å². The van der Waals surface area contributed by atoms with Crippen LogP contribution in [0.5, 0.6) is 0 Å². The number of hydrogen-bond donors (Lipinski definition) is 3. The van der Waals surface area contributed by atoms with Gasteiger partial charge in [-0.1, -0.05) is 48.2 Å². The van der Waals surface area contributed by atoms with Crippen LogP contribution in [0.15, 0.2) is 58.9 Å². The molecule has 1 heterocycles. The van der Waals surface area contributed by atoms with Gasteiger partial charge >= 0.3 is 0 Å². The van der Waals surface area contributed by atoms with Gasteiger partial charge in [-0.25, -0.2) is 4.98 Å². The number of aryl methyl sites for hydroxylation is 4. The number of nitrogens with zero attached hydrogens (tertiary/aromatic N) is 1. The lowest BCUT2D eigenvalue weighted by Crippen LogP contribution is -2.19. The van der Waals surface area contributed by atoms with Crippen LogP contribution >= 0.6 is 34.9 Å². The summed E-state index contributed by atoms with van der Waals surface area (Å²) in [5.41, 5.74) is 7.23. The van der Waals surface area contributed by atoms with Crippen LogP contribution in [0.4, 0.5) is 17.1 Å². The molecule has 0 spiro atoms.